The van der Waals surface area contributed by atoms with Crippen molar-refractivity contribution < 1.29 is 9.47 Å². The molecule has 0 atom stereocenters. The van der Waals surface area contributed by atoms with Gasteiger partial charge in [-0.15, -0.1) is 0 Å². The van der Waals surface area contributed by atoms with Gasteiger partial charge in [0.25, 0.3) is 0 Å². The third-order valence-electron chi connectivity index (χ3n) is 5.44. The molecule has 3 aromatic rings. The first kappa shape index (κ1) is 18.4. The molecule has 0 amide bonds. The highest BCUT2D eigenvalue weighted by molar-refractivity contribution is 5.84. The van der Waals surface area contributed by atoms with E-state index in [1.165, 1.54) is 5.56 Å². The maximum absolute atomic E-state index is 9.12. The van der Waals surface area contributed by atoms with E-state index in [2.05, 4.69) is 29.2 Å². The van der Waals surface area contributed by atoms with E-state index in [0.717, 1.165) is 48.2 Å². The second-order valence-electron chi connectivity index (χ2n) is 7.35. The summed E-state index contributed by atoms with van der Waals surface area (Å²) in [5.41, 5.74) is 3.09. The summed E-state index contributed by atoms with van der Waals surface area (Å²) in [4.78, 5) is 5.63. The van der Waals surface area contributed by atoms with Crippen molar-refractivity contribution in [2.45, 2.75) is 25.3 Å². The van der Waals surface area contributed by atoms with Gasteiger partial charge in [0.15, 0.2) is 11.5 Å². The predicted octanol–water partition coefficient (Wildman–Crippen LogP) is 4.13. The van der Waals surface area contributed by atoms with Gasteiger partial charge in [0.2, 0.25) is 0 Å². The number of H-pyrrole nitrogens is 1. The zero-order valence-electron chi connectivity index (χ0n) is 16.1. The van der Waals surface area contributed by atoms with Crippen LogP contribution >= 0.6 is 0 Å². The SMILES string of the molecule is CN(CCCCc1c[nH]c2ccc(C#N)cc12)C1COc2ccccc2OC1. The Labute approximate surface area is 165 Å². The Morgan fingerprint density at radius 2 is 1.86 bits per heavy atom. The molecule has 1 aliphatic rings. The molecule has 0 saturated heterocycles. The smallest absolute Gasteiger partial charge is 0.161 e. The number of unbranched alkanes of at least 4 members (excludes halogenated alkanes) is 1. The number of aromatic nitrogens is 1. The van der Waals surface area contributed by atoms with E-state index >= 15 is 0 Å². The van der Waals surface area contributed by atoms with Gasteiger partial charge < -0.3 is 14.5 Å². The highest BCUT2D eigenvalue weighted by Gasteiger charge is 2.21. The van der Waals surface area contributed by atoms with Crippen molar-refractivity contribution in [2.24, 2.45) is 0 Å². The van der Waals surface area contributed by atoms with Crippen LogP contribution in [0.25, 0.3) is 10.9 Å². The molecular weight excluding hydrogens is 350 g/mol. The standard InChI is InChI=1S/C23H25N3O2/c1-26(19-15-27-22-7-2-3-8-23(22)28-16-19)11-5-4-6-18-14-25-21-10-9-17(13-24)12-20(18)21/h2-3,7-10,12,14,19,25H,4-6,11,15-16H2,1H3. The van der Waals surface area contributed by atoms with Crippen LogP contribution in [0.4, 0.5) is 0 Å². The van der Waals surface area contributed by atoms with Crippen molar-refractivity contribution in [2.75, 3.05) is 26.8 Å². The van der Waals surface area contributed by atoms with Crippen LogP contribution in [0.5, 0.6) is 11.5 Å². The van der Waals surface area contributed by atoms with Gasteiger partial charge in [-0.1, -0.05) is 12.1 Å². The van der Waals surface area contributed by atoms with Crippen LogP contribution in [-0.4, -0.2) is 42.7 Å². The predicted molar refractivity (Wildman–Crippen MR) is 110 cm³/mol. The Bertz CT molecular complexity index is 962. The summed E-state index contributed by atoms with van der Waals surface area (Å²) in [6, 6.07) is 16.1. The number of likely N-dealkylation sites (N-methyl/N-ethyl adjacent to an activating group) is 1. The zero-order valence-corrected chi connectivity index (χ0v) is 16.1. The van der Waals surface area contributed by atoms with Crippen LogP contribution in [0.15, 0.2) is 48.7 Å². The normalized spacial score (nSPS) is 14.2. The Hall–Kier alpha value is -2.97. The number of hydrogen-bond donors (Lipinski definition) is 1. The largest absolute Gasteiger partial charge is 0.488 e. The zero-order chi connectivity index (χ0) is 19.3. The van der Waals surface area contributed by atoms with Gasteiger partial charge in [0, 0.05) is 17.1 Å². The first-order valence-electron chi connectivity index (χ1n) is 9.79. The summed E-state index contributed by atoms with van der Waals surface area (Å²) in [6.07, 6.45) is 5.28. The third-order valence-corrected chi connectivity index (χ3v) is 5.44. The molecule has 0 spiro atoms. The van der Waals surface area contributed by atoms with E-state index < -0.39 is 0 Å². The van der Waals surface area contributed by atoms with E-state index in [0.29, 0.717) is 18.8 Å². The lowest BCUT2D eigenvalue weighted by Crippen LogP contribution is -2.40. The molecule has 2 heterocycles. The number of nitrogens with zero attached hydrogens (tertiary/aromatic N) is 2. The monoisotopic (exact) mass is 375 g/mol. The van der Waals surface area contributed by atoms with Crippen LogP contribution < -0.4 is 9.47 Å². The molecule has 28 heavy (non-hydrogen) atoms. The first-order valence-corrected chi connectivity index (χ1v) is 9.79. The van der Waals surface area contributed by atoms with Crippen LogP contribution in [0.1, 0.15) is 24.0 Å². The van der Waals surface area contributed by atoms with Crippen LogP contribution in [-0.2, 0) is 6.42 Å². The number of rotatable bonds is 6. The van der Waals surface area contributed by atoms with Crippen LogP contribution in [0.3, 0.4) is 0 Å². The van der Waals surface area contributed by atoms with Crippen molar-refractivity contribution in [3.8, 4) is 17.6 Å². The Morgan fingerprint density at radius 1 is 1.11 bits per heavy atom. The van der Waals surface area contributed by atoms with Gasteiger partial charge in [0.1, 0.15) is 13.2 Å². The van der Waals surface area contributed by atoms with Crippen molar-refractivity contribution in [3.05, 3.63) is 59.8 Å². The lowest BCUT2D eigenvalue weighted by molar-refractivity contribution is 0.130. The second kappa shape index (κ2) is 8.37. The molecule has 0 fully saturated rings. The van der Waals surface area contributed by atoms with Crippen molar-refractivity contribution >= 4 is 10.9 Å². The lowest BCUT2D eigenvalue weighted by atomic mass is 10.1. The van der Waals surface area contributed by atoms with Gasteiger partial charge in [-0.25, -0.2) is 0 Å². The number of aryl methyl sites for hydroxylation is 1. The fourth-order valence-electron chi connectivity index (χ4n) is 3.68. The fourth-order valence-corrected chi connectivity index (χ4v) is 3.68. The number of aromatic amines is 1. The average molecular weight is 375 g/mol. The Kier molecular flexibility index (Phi) is 5.50. The summed E-state index contributed by atoms with van der Waals surface area (Å²) < 4.78 is 11.8. The van der Waals surface area contributed by atoms with Crippen LogP contribution in [0, 0.1) is 11.3 Å². The number of para-hydroxylation sites is 2. The number of fused-ring (bicyclic) bond motifs is 2. The van der Waals surface area contributed by atoms with E-state index in [9.17, 15) is 0 Å². The Morgan fingerprint density at radius 3 is 2.57 bits per heavy atom. The van der Waals surface area contributed by atoms with E-state index in [1.54, 1.807) is 0 Å². The molecule has 1 N–H and O–H groups in total. The van der Waals surface area contributed by atoms with E-state index in [1.807, 2.05) is 42.5 Å². The number of nitriles is 1. The van der Waals surface area contributed by atoms with E-state index in [4.69, 9.17) is 14.7 Å². The molecule has 0 radical (unpaired) electrons. The quantitative estimate of drug-likeness (QED) is 0.658. The summed E-state index contributed by atoms with van der Waals surface area (Å²) in [6.45, 7) is 2.29. The van der Waals surface area contributed by atoms with Crippen molar-refractivity contribution in [1.82, 2.24) is 9.88 Å². The summed E-state index contributed by atoms with van der Waals surface area (Å²) in [5.74, 6) is 1.66. The fraction of sp³-hybridized carbons (Fsp3) is 0.348. The molecular formula is C23H25N3O2. The number of ether oxygens (including phenoxy) is 2. The second-order valence-corrected chi connectivity index (χ2v) is 7.35. The lowest BCUT2D eigenvalue weighted by Gasteiger charge is -2.25. The van der Waals surface area contributed by atoms with Crippen LogP contribution in [0.2, 0.25) is 0 Å². The topological polar surface area (TPSA) is 61.3 Å². The average Bonchev–Trinajstić information content (AvgIpc) is 3.00. The summed E-state index contributed by atoms with van der Waals surface area (Å²) in [7, 11) is 2.14. The van der Waals surface area contributed by atoms with Gasteiger partial charge in [-0.3, -0.25) is 4.90 Å². The van der Waals surface area contributed by atoms with Gasteiger partial charge in [-0.05, 0) is 68.8 Å². The van der Waals surface area contributed by atoms with Crippen molar-refractivity contribution in [1.29, 1.82) is 5.26 Å². The number of hydrogen-bond acceptors (Lipinski definition) is 4. The summed E-state index contributed by atoms with van der Waals surface area (Å²) in [5, 5.41) is 10.3. The van der Waals surface area contributed by atoms with Gasteiger partial charge in [-0.2, -0.15) is 5.26 Å². The molecule has 4 rings (SSSR count). The minimum atomic E-state index is 0.249. The van der Waals surface area contributed by atoms with Crippen molar-refractivity contribution in [3.63, 3.8) is 0 Å². The van der Waals surface area contributed by atoms with Gasteiger partial charge in [0.05, 0.1) is 17.7 Å². The molecule has 0 bridgehead atoms. The highest BCUT2D eigenvalue weighted by Crippen LogP contribution is 2.29. The molecule has 2 aromatic carbocycles. The first-order chi connectivity index (χ1) is 13.7. The molecule has 5 nitrogen and oxygen atoms in total. The number of nitrogens with one attached hydrogen (secondary N) is 1. The molecule has 1 aromatic heterocycles. The minimum Gasteiger partial charge on any atom is -0.488 e. The number of benzene rings is 2. The maximum Gasteiger partial charge on any atom is 0.161 e. The Balaban J connectivity index is 1.27. The molecule has 5 heteroatoms. The molecule has 0 aliphatic carbocycles. The maximum atomic E-state index is 9.12. The third kappa shape index (κ3) is 3.97. The van der Waals surface area contributed by atoms with E-state index in [-0.39, 0.29) is 6.04 Å². The molecule has 0 unspecified atom stereocenters. The summed E-state index contributed by atoms with van der Waals surface area (Å²) >= 11 is 0. The minimum absolute atomic E-state index is 0.249. The molecule has 1 aliphatic heterocycles. The molecule has 0 saturated carbocycles. The highest BCUT2D eigenvalue weighted by atomic mass is 16.5. The van der Waals surface area contributed by atoms with Gasteiger partial charge >= 0.3 is 0 Å². The molecule has 144 valence electrons.